The van der Waals surface area contributed by atoms with Crippen molar-refractivity contribution in [3.05, 3.63) is 12.2 Å². The molecular formula is C8H16GeO2. The van der Waals surface area contributed by atoms with Crippen molar-refractivity contribution in [1.82, 2.24) is 0 Å². The van der Waals surface area contributed by atoms with E-state index in [2.05, 4.69) is 23.8 Å². The molecule has 2 nitrogen and oxygen atoms in total. The van der Waals surface area contributed by atoms with Gasteiger partial charge in [0.15, 0.2) is 0 Å². The van der Waals surface area contributed by atoms with Crippen molar-refractivity contribution in [2.75, 3.05) is 5.44 Å². The van der Waals surface area contributed by atoms with E-state index in [-0.39, 0.29) is 5.97 Å². The van der Waals surface area contributed by atoms with Gasteiger partial charge in [-0.2, -0.15) is 0 Å². The van der Waals surface area contributed by atoms with Crippen LogP contribution in [0.1, 0.15) is 6.92 Å². The minimum absolute atomic E-state index is 0.259. The molecule has 0 bridgehead atoms. The fraction of sp³-hybridized carbons (Fsp3) is 0.625. The Hall–Kier alpha value is -0.247. The van der Waals surface area contributed by atoms with Crippen molar-refractivity contribution in [2.24, 2.45) is 0 Å². The Labute approximate surface area is 71.0 Å². The van der Waals surface area contributed by atoms with Gasteiger partial charge in [-0.1, -0.05) is 0 Å². The Balaban J connectivity index is 3.73. The van der Waals surface area contributed by atoms with Gasteiger partial charge in [0.05, 0.1) is 0 Å². The first-order chi connectivity index (χ1) is 4.83. The van der Waals surface area contributed by atoms with Gasteiger partial charge in [-0.15, -0.1) is 0 Å². The third-order valence-electron chi connectivity index (χ3n) is 0.985. The Morgan fingerprint density at radius 1 is 1.45 bits per heavy atom. The maximum absolute atomic E-state index is 10.9. The number of rotatable bonds is 3. The van der Waals surface area contributed by atoms with Crippen LogP contribution in [-0.4, -0.2) is 24.7 Å². The summed E-state index contributed by atoms with van der Waals surface area (Å²) in [5, 5.41) is 0. The first-order valence-corrected chi connectivity index (χ1v) is 11.4. The zero-order valence-corrected chi connectivity index (χ0v) is 9.83. The van der Waals surface area contributed by atoms with Gasteiger partial charge in [-0.05, 0) is 0 Å². The topological polar surface area (TPSA) is 26.3 Å². The molecule has 0 aliphatic carbocycles. The molecule has 0 aromatic carbocycles. The van der Waals surface area contributed by atoms with E-state index in [1.165, 1.54) is 0 Å². The first kappa shape index (κ1) is 10.8. The van der Waals surface area contributed by atoms with Gasteiger partial charge in [-0.3, -0.25) is 0 Å². The van der Waals surface area contributed by atoms with E-state index >= 15 is 0 Å². The van der Waals surface area contributed by atoms with Crippen LogP contribution in [0.25, 0.3) is 0 Å². The minimum atomic E-state index is -1.70. The quantitative estimate of drug-likeness (QED) is 0.410. The van der Waals surface area contributed by atoms with Crippen molar-refractivity contribution >= 4 is 19.2 Å². The van der Waals surface area contributed by atoms with Gasteiger partial charge in [0.1, 0.15) is 0 Å². The number of hydrogen-bond donors (Lipinski definition) is 0. The Morgan fingerprint density at radius 2 is 1.91 bits per heavy atom. The summed E-state index contributed by atoms with van der Waals surface area (Å²) in [7, 11) is 0. The summed E-state index contributed by atoms with van der Waals surface area (Å²) >= 11 is -1.70. The molecule has 0 aromatic rings. The van der Waals surface area contributed by atoms with Gasteiger partial charge in [0, 0.05) is 0 Å². The van der Waals surface area contributed by atoms with E-state index in [1.54, 1.807) is 6.92 Å². The molecule has 0 rings (SSSR count). The Morgan fingerprint density at radius 3 is 2.18 bits per heavy atom. The number of carbonyl (C=O) groups excluding carboxylic acids is 1. The second-order valence-corrected chi connectivity index (χ2v) is 15.3. The van der Waals surface area contributed by atoms with E-state index in [0.29, 0.717) is 11.0 Å². The van der Waals surface area contributed by atoms with Crippen molar-refractivity contribution in [3.63, 3.8) is 0 Å². The fourth-order valence-electron chi connectivity index (χ4n) is 0.405. The van der Waals surface area contributed by atoms with Crippen molar-refractivity contribution in [3.8, 4) is 0 Å². The second kappa shape index (κ2) is 3.95. The van der Waals surface area contributed by atoms with Gasteiger partial charge in [0.2, 0.25) is 0 Å². The molecular weight excluding hydrogens is 201 g/mol. The molecule has 0 amide bonds. The molecule has 0 aliphatic heterocycles. The summed E-state index contributed by atoms with van der Waals surface area (Å²) in [6, 6.07) is 0. The predicted molar refractivity (Wildman–Crippen MR) is 49.1 cm³/mol. The Kier molecular flexibility index (Phi) is 3.86. The van der Waals surface area contributed by atoms with E-state index in [1.807, 2.05) is 0 Å². The molecule has 0 unspecified atom stereocenters. The zero-order chi connectivity index (χ0) is 9.07. The van der Waals surface area contributed by atoms with Crippen LogP contribution in [0.2, 0.25) is 17.3 Å². The van der Waals surface area contributed by atoms with E-state index < -0.39 is 13.3 Å². The summed E-state index contributed by atoms with van der Waals surface area (Å²) in [5.41, 5.74) is 1.11. The standard InChI is InChI=1S/C8H16GeO2/c1-7(2)8(10)11-6-9(3,4)5/h1,6H2,2-5H3. The molecule has 0 aliphatic rings. The van der Waals surface area contributed by atoms with Crippen molar-refractivity contribution in [1.29, 1.82) is 0 Å². The molecule has 3 heteroatoms. The molecule has 0 saturated carbocycles. The zero-order valence-electron chi connectivity index (χ0n) is 7.73. The van der Waals surface area contributed by atoms with Gasteiger partial charge in [0.25, 0.3) is 0 Å². The third kappa shape index (κ3) is 6.16. The van der Waals surface area contributed by atoms with Crippen molar-refractivity contribution < 1.29 is 9.53 Å². The van der Waals surface area contributed by atoms with Crippen LogP contribution in [0, 0.1) is 0 Å². The molecule has 0 radical (unpaired) electrons. The van der Waals surface area contributed by atoms with Crippen LogP contribution in [0.15, 0.2) is 12.2 Å². The summed E-state index contributed by atoms with van der Waals surface area (Å²) in [6.45, 7) is 5.17. The summed E-state index contributed by atoms with van der Waals surface area (Å²) in [6.07, 6.45) is 0. The van der Waals surface area contributed by atoms with E-state index in [9.17, 15) is 4.79 Å². The van der Waals surface area contributed by atoms with Crippen LogP contribution < -0.4 is 0 Å². The average Bonchev–Trinajstić information content (AvgIpc) is 1.80. The number of carbonyl (C=O) groups is 1. The van der Waals surface area contributed by atoms with E-state index in [0.717, 1.165) is 0 Å². The van der Waals surface area contributed by atoms with Gasteiger partial charge in [-0.25, -0.2) is 0 Å². The normalized spacial score (nSPS) is 10.9. The third-order valence-corrected chi connectivity index (χ3v) is 3.10. The average molecular weight is 217 g/mol. The van der Waals surface area contributed by atoms with Crippen molar-refractivity contribution in [2.45, 2.75) is 24.2 Å². The van der Waals surface area contributed by atoms with Crippen LogP contribution in [0.3, 0.4) is 0 Å². The molecule has 11 heavy (non-hydrogen) atoms. The number of ether oxygens (including phenoxy) is 1. The SMILES string of the molecule is C=C(C)C(=O)O[CH2][Ge]([CH3])([CH3])[CH3]. The molecule has 0 atom stereocenters. The Bertz CT molecular complexity index is 167. The fourth-order valence-corrected chi connectivity index (χ4v) is 1.59. The molecule has 0 spiro atoms. The summed E-state index contributed by atoms with van der Waals surface area (Å²) in [5.74, 6) is 6.34. The molecule has 0 saturated heterocycles. The first-order valence-electron chi connectivity index (χ1n) is 3.65. The molecule has 0 N–H and O–H groups in total. The molecule has 0 aromatic heterocycles. The second-order valence-electron chi connectivity index (χ2n) is 3.92. The molecule has 64 valence electrons. The summed E-state index contributed by atoms with van der Waals surface area (Å²) in [4.78, 5) is 10.9. The van der Waals surface area contributed by atoms with Gasteiger partial charge >= 0.3 is 70.6 Å². The summed E-state index contributed by atoms with van der Waals surface area (Å²) < 4.78 is 5.01. The van der Waals surface area contributed by atoms with Crippen LogP contribution >= 0.6 is 0 Å². The monoisotopic (exact) mass is 218 g/mol. The maximum atomic E-state index is 10.9. The van der Waals surface area contributed by atoms with Crippen LogP contribution in [0.5, 0.6) is 0 Å². The number of hydrogen-bond acceptors (Lipinski definition) is 2. The predicted octanol–water partition coefficient (Wildman–Crippen LogP) is 1.98. The van der Waals surface area contributed by atoms with Crippen LogP contribution in [-0.2, 0) is 9.53 Å². The van der Waals surface area contributed by atoms with Gasteiger partial charge < -0.3 is 0 Å². The van der Waals surface area contributed by atoms with E-state index in [4.69, 9.17) is 4.74 Å². The molecule has 0 fully saturated rings. The molecule has 0 heterocycles. The number of esters is 1. The van der Waals surface area contributed by atoms with Crippen LogP contribution in [0.4, 0.5) is 0 Å².